The molecule has 0 atom stereocenters. The van der Waals surface area contributed by atoms with Crippen LogP contribution in [0.3, 0.4) is 0 Å². The van der Waals surface area contributed by atoms with E-state index < -0.39 is 32.5 Å². The lowest BCUT2D eigenvalue weighted by Crippen LogP contribution is -2.37. The quantitative estimate of drug-likeness (QED) is 0.539. The number of rotatable bonds is 9. The molecule has 1 saturated heterocycles. The SMILES string of the molecule is COc1ccc(S(=O)(=O)N2CCCCC2)cc1NC(=O)CN(c1ccc(C(C)C)cc1)S(C)(=O)=O. The fraction of sp³-hybridized carbons (Fsp3) is 0.458. The predicted molar refractivity (Wildman–Crippen MR) is 137 cm³/mol. The molecule has 0 spiro atoms. The fourth-order valence-electron chi connectivity index (χ4n) is 3.95. The van der Waals surface area contributed by atoms with Crippen LogP contribution in [0.1, 0.15) is 44.6 Å². The molecule has 2 aromatic rings. The summed E-state index contributed by atoms with van der Waals surface area (Å²) in [6.45, 7) is 4.49. The second-order valence-corrected chi connectivity index (χ2v) is 12.7. The summed E-state index contributed by atoms with van der Waals surface area (Å²) >= 11 is 0. The van der Waals surface area contributed by atoms with E-state index >= 15 is 0 Å². The number of piperidine rings is 1. The molecule has 0 radical (unpaired) electrons. The Morgan fingerprint density at radius 3 is 2.20 bits per heavy atom. The Balaban J connectivity index is 1.85. The van der Waals surface area contributed by atoms with Gasteiger partial charge in [0.15, 0.2) is 0 Å². The molecule has 0 unspecified atom stereocenters. The van der Waals surface area contributed by atoms with Crippen LogP contribution in [0, 0.1) is 0 Å². The molecular weight excluding hydrogens is 490 g/mol. The number of methoxy groups -OCH3 is 1. The zero-order chi connectivity index (χ0) is 25.8. The lowest BCUT2D eigenvalue weighted by atomic mass is 10.0. The molecular formula is C24H33N3O6S2. The molecule has 1 fully saturated rings. The van der Waals surface area contributed by atoms with E-state index in [9.17, 15) is 21.6 Å². The number of anilines is 2. The van der Waals surface area contributed by atoms with E-state index in [0.717, 1.165) is 35.4 Å². The highest BCUT2D eigenvalue weighted by atomic mass is 32.2. The first kappa shape index (κ1) is 27.0. The van der Waals surface area contributed by atoms with Crippen LogP contribution in [-0.2, 0) is 24.8 Å². The molecule has 192 valence electrons. The summed E-state index contributed by atoms with van der Waals surface area (Å²) in [6, 6.07) is 11.3. The summed E-state index contributed by atoms with van der Waals surface area (Å²) in [5.41, 5.74) is 1.56. The molecule has 0 aromatic heterocycles. The Labute approximate surface area is 208 Å². The molecule has 3 rings (SSSR count). The highest BCUT2D eigenvalue weighted by Crippen LogP contribution is 2.30. The van der Waals surface area contributed by atoms with Crippen molar-refractivity contribution in [2.75, 3.05) is 42.6 Å². The summed E-state index contributed by atoms with van der Waals surface area (Å²) in [7, 11) is -6.08. The molecule has 1 amide bonds. The van der Waals surface area contributed by atoms with Crippen LogP contribution in [0.25, 0.3) is 0 Å². The van der Waals surface area contributed by atoms with Crippen LogP contribution < -0.4 is 14.4 Å². The molecule has 2 aromatic carbocycles. The van der Waals surface area contributed by atoms with Crippen molar-refractivity contribution in [1.82, 2.24) is 4.31 Å². The smallest absolute Gasteiger partial charge is 0.245 e. The van der Waals surface area contributed by atoms with Gasteiger partial charge in [-0.15, -0.1) is 0 Å². The first-order valence-corrected chi connectivity index (χ1v) is 14.8. The van der Waals surface area contributed by atoms with Crippen molar-refractivity contribution in [3.05, 3.63) is 48.0 Å². The summed E-state index contributed by atoms with van der Waals surface area (Å²) in [4.78, 5) is 13.0. The maximum Gasteiger partial charge on any atom is 0.245 e. The Morgan fingerprint density at radius 2 is 1.66 bits per heavy atom. The number of amides is 1. The predicted octanol–water partition coefficient (Wildman–Crippen LogP) is 3.40. The number of ether oxygens (including phenoxy) is 1. The van der Waals surface area contributed by atoms with E-state index in [0.29, 0.717) is 18.8 Å². The van der Waals surface area contributed by atoms with Crippen molar-refractivity contribution in [1.29, 1.82) is 0 Å². The van der Waals surface area contributed by atoms with E-state index in [1.165, 1.54) is 29.6 Å². The molecule has 11 heteroatoms. The van der Waals surface area contributed by atoms with Crippen molar-refractivity contribution in [2.45, 2.75) is 43.9 Å². The van der Waals surface area contributed by atoms with Gasteiger partial charge in [-0.2, -0.15) is 4.31 Å². The number of hydrogen-bond donors (Lipinski definition) is 1. The van der Waals surface area contributed by atoms with Gasteiger partial charge in [-0.1, -0.05) is 32.4 Å². The number of carbonyl (C=O) groups is 1. The van der Waals surface area contributed by atoms with Gasteiger partial charge in [-0.3, -0.25) is 9.10 Å². The standard InChI is InChI=1S/C24H33N3O6S2/c1-18(2)19-8-10-20(11-9-19)27(34(4,29)30)17-24(28)25-22-16-21(12-13-23(22)33-3)35(31,32)26-14-6-5-7-15-26/h8-13,16,18H,5-7,14-15,17H2,1-4H3,(H,25,28). The van der Waals surface area contributed by atoms with Gasteiger partial charge in [0.05, 0.1) is 29.6 Å². The van der Waals surface area contributed by atoms with Crippen LogP contribution >= 0.6 is 0 Å². The number of nitrogens with zero attached hydrogens (tertiary/aromatic N) is 2. The number of sulfonamides is 2. The van der Waals surface area contributed by atoms with Gasteiger partial charge in [0.2, 0.25) is 26.0 Å². The van der Waals surface area contributed by atoms with Crippen LogP contribution in [-0.4, -0.2) is 60.0 Å². The Kier molecular flexibility index (Phi) is 8.45. The highest BCUT2D eigenvalue weighted by molar-refractivity contribution is 7.92. The first-order valence-electron chi connectivity index (χ1n) is 11.5. The summed E-state index contributed by atoms with van der Waals surface area (Å²) < 4.78 is 58.8. The second-order valence-electron chi connectivity index (χ2n) is 8.89. The molecule has 1 aliphatic heterocycles. The summed E-state index contributed by atoms with van der Waals surface area (Å²) in [6.07, 6.45) is 3.63. The van der Waals surface area contributed by atoms with Crippen molar-refractivity contribution < 1.29 is 26.4 Å². The van der Waals surface area contributed by atoms with Gasteiger partial charge in [-0.25, -0.2) is 16.8 Å². The Bertz CT molecular complexity index is 1250. The van der Waals surface area contributed by atoms with Crippen molar-refractivity contribution >= 4 is 37.3 Å². The molecule has 9 nitrogen and oxygen atoms in total. The lowest BCUT2D eigenvalue weighted by Gasteiger charge is -2.26. The zero-order valence-corrected chi connectivity index (χ0v) is 22.2. The molecule has 35 heavy (non-hydrogen) atoms. The average molecular weight is 524 g/mol. The minimum absolute atomic E-state index is 0.0414. The van der Waals surface area contributed by atoms with E-state index in [4.69, 9.17) is 4.74 Å². The topological polar surface area (TPSA) is 113 Å². The maximum atomic E-state index is 13.1. The third-order valence-corrected chi connectivity index (χ3v) is 8.97. The average Bonchev–Trinajstić information content (AvgIpc) is 2.82. The van der Waals surface area contributed by atoms with Gasteiger partial charge < -0.3 is 10.1 Å². The normalized spacial score (nSPS) is 15.1. The molecule has 0 aliphatic carbocycles. The molecule has 1 heterocycles. The molecule has 1 aliphatic rings. The minimum atomic E-state index is -3.76. The second kappa shape index (κ2) is 11.0. The van der Waals surface area contributed by atoms with E-state index in [2.05, 4.69) is 5.32 Å². The first-order chi connectivity index (χ1) is 16.4. The summed E-state index contributed by atoms with van der Waals surface area (Å²) in [5, 5.41) is 2.63. The van der Waals surface area contributed by atoms with Gasteiger partial charge in [-0.05, 0) is 54.7 Å². The third kappa shape index (κ3) is 6.53. The van der Waals surface area contributed by atoms with E-state index in [-0.39, 0.29) is 22.3 Å². The largest absolute Gasteiger partial charge is 0.495 e. The number of hydrogen-bond acceptors (Lipinski definition) is 6. The fourth-order valence-corrected chi connectivity index (χ4v) is 6.35. The van der Waals surface area contributed by atoms with Crippen molar-refractivity contribution in [3.8, 4) is 5.75 Å². The Morgan fingerprint density at radius 1 is 1.03 bits per heavy atom. The zero-order valence-electron chi connectivity index (χ0n) is 20.5. The summed E-state index contributed by atoms with van der Waals surface area (Å²) in [5.74, 6) is -0.0858. The van der Waals surface area contributed by atoms with Gasteiger partial charge in [0.1, 0.15) is 12.3 Å². The number of benzene rings is 2. The molecule has 0 saturated carbocycles. The van der Waals surface area contributed by atoms with Crippen LogP contribution in [0.2, 0.25) is 0 Å². The maximum absolute atomic E-state index is 13.1. The number of carbonyl (C=O) groups excluding carboxylic acids is 1. The minimum Gasteiger partial charge on any atom is -0.495 e. The van der Waals surface area contributed by atoms with E-state index in [1.54, 1.807) is 12.1 Å². The van der Waals surface area contributed by atoms with Gasteiger partial charge >= 0.3 is 0 Å². The van der Waals surface area contributed by atoms with Crippen molar-refractivity contribution in [2.24, 2.45) is 0 Å². The molecule has 1 N–H and O–H groups in total. The van der Waals surface area contributed by atoms with Crippen LogP contribution in [0.5, 0.6) is 5.75 Å². The highest BCUT2D eigenvalue weighted by Gasteiger charge is 2.27. The monoisotopic (exact) mass is 523 g/mol. The van der Waals surface area contributed by atoms with Crippen molar-refractivity contribution in [3.63, 3.8) is 0 Å². The van der Waals surface area contributed by atoms with Gasteiger partial charge in [0, 0.05) is 13.1 Å². The lowest BCUT2D eigenvalue weighted by molar-refractivity contribution is -0.114. The van der Waals surface area contributed by atoms with Crippen LogP contribution in [0.4, 0.5) is 11.4 Å². The third-order valence-electron chi connectivity index (χ3n) is 5.93. The Hall–Kier alpha value is -2.63. The van der Waals surface area contributed by atoms with E-state index in [1.807, 2.05) is 26.0 Å². The van der Waals surface area contributed by atoms with Crippen LogP contribution in [0.15, 0.2) is 47.4 Å². The van der Waals surface area contributed by atoms with Gasteiger partial charge in [0.25, 0.3) is 0 Å². The molecule has 0 bridgehead atoms. The number of nitrogens with one attached hydrogen (secondary N) is 1.